The Morgan fingerprint density at radius 1 is 1.00 bits per heavy atom. The minimum absolute atomic E-state index is 0.0715. The Balaban J connectivity index is 1.70. The lowest BCUT2D eigenvalue weighted by atomic mass is 10.2. The molecule has 0 amide bonds. The van der Waals surface area contributed by atoms with Crippen LogP contribution in [0, 0.1) is 0 Å². The summed E-state index contributed by atoms with van der Waals surface area (Å²) in [6, 6.07) is 14.9. The molecule has 0 aromatic heterocycles. The van der Waals surface area contributed by atoms with Gasteiger partial charge in [-0.15, -0.1) is 11.8 Å². The Labute approximate surface area is 173 Å². The zero-order valence-electron chi connectivity index (χ0n) is 15.8. The fraction of sp³-hybridized carbons (Fsp3) is 0.182. The summed E-state index contributed by atoms with van der Waals surface area (Å²) in [5, 5.41) is 0. The van der Waals surface area contributed by atoms with Gasteiger partial charge in [0.25, 0.3) is 0 Å². The number of thioether (sulfide) groups is 1. The molecule has 0 aliphatic carbocycles. The lowest BCUT2D eigenvalue weighted by Crippen LogP contribution is -2.08. The highest BCUT2D eigenvalue weighted by Gasteiger charge is 2.06. The second-order valence-electron chi connectivity index (χ2n) is 5.77. The van der Waals surface area contributed by atoms with Gasteiger partial charge in [0.2, 0.25) is 5.83 Å². The molecule has 2 aromatic carbocycles. The average molecular weight is 416 g/mol. The highest BCUT2D eigenvalue weighted by molar-refractivity contribution is 7.98. The number of carbonyl (C=O) groups is 2. The average Bonchev–Trinajstić information content (AvgIpc) is 2.73. The maximum atomic E-state index is 12.4. The molecule has 29 heavy (non-hydrogen) atoms. The van der Waals surface area contributed by atoms with E-state index in [0.29, 0.717) is 24.5 Å². The SMILES string of the molecule is C=CC(=O)Oc1ccc(SCc2ccc(OCCCOC(=O)C(=C)F)cc2)cc1. The molecule has 0 N–H and O–H groups in total. The van der Waals surface area contributed by atoms with E-state index in [9.17, 15) is 14.0 Å². The van der Waals surface area contributed by atoms with Crippen LogP contribution in [0.1, 0.15) is 12.0 Å². The molecule has 0 atom stereocenters. The molecule has 0 fully saturated rings. The van der Waals surface area contributed by atoms with Crippen LogP contribution in [0.5, 0.6) is 11.5 Å². The molecule has 2 aromatic rings. The molecule has 0 aliphatic heterocycles. The summed E-state index contributed by atoms with van der Waals surface area (Å²) in [4.78, 5) is 23.1. The third kappa shape index (κ3) is 8.23. The molecule has 0 bridgehead atoms. The molecule has 5 nitrogen and oxygen atoms in total. The van der Waals surface area contributed by atoms with Crippen LogP contribution in [0.4, 0.5) is 4.39 Å². The van der Waals surface area contributed by atoms with E-state index >= 15 is 0 Å². The summed E-state index contributed by atoms with van der Waals surface area (Å²) in [6.07, 6.45) is 1.57. The predicted molar refractivity (Wildman–Crippen MR) is 110 cm³/mol. The fourth-order valence-electron chi connectivity index (χ4n) is 2.10. The molecule has 0 aliphatic rings. The van der Waals surface area contributed by atoms with Gasteiger partial charge in [-0.2, -0.15) is 4.39 Å². The summed E-state index contributed by atoms with van der Waals surface area (Å²) in [7, 11) is 0. The molecule has 0 heterocycles. The predicted octanol–water partition coefficient (Wildman–Crippen LogP) is 4.87. The normalized spacial score (nSPS) is 10.1. The van der Waals surface area contributed by atoms with E-state index in [1.54, 1.807) is 23.9 Å². The Bertz CT molecular complexity index is 847. The molecule has 0 radical (unpaired) electrons. The van der Waals surface area contributed by atoms with Crippen LogP contribution < -0.4 is 9.47 Å². The van der Waals surface area contributed by atoms with Crippen LogP contribution in [0.2, 0.25) is 0 Å². The molecule has 0 saturated heterocycles. The second kappa shape index (κ2) is 11.7. The maximum absolute atomic E-state index is 12.4. The minimum Gasteiger partial charge on any atom is -0.493 e. The van der Waals surface area contributed by atoms with E-state index in [-0.39, 0.29) is 6.61 Å². The Morgan fingerprint density at radius 3 is 2.28 bits per heavy atom. The lowest BCUT2D eigenvalue weighted by Gasteiger charge is -2.08. The number of hydrogen-bond donors (Lipinski definition) is 0. The number of halogens is 1. The van der Waals surface area contributed by atoms with Gasteiger partial charge in [0, 0.05) is 23.1 Å². The van der Waals surface area contributed by atoms with Gasteiger partial charge in [-0.05, 0) is 42.0 Å². The van der Waals surface area contributed by atoms with Crippen molar-refractivity contribution in [2.24, 2.45) is 0 Å². The van der Waals surface area contributed by atoms with E-state index in [4.69, 9.17) is 9.47 Å². The monoisotopic (exact) mass is 416 g/mol. The van der Waals surface area contributed by atoms with Crippen molar-refractivity contribution in [2.45, 2.75) is 17.1 Å². The number of carbonyl (C=O) groups excluding carboxylic acids is 2. The minimum atomic E-state index is -1.11. The zero-order valence-corrected chi connectivity index (χ0v) is 16.6. The molecular formula is C22H21FO5S. The van der Waals surface area contributed by atoms with E-state index in [0.717, 1.165) is 22.3 Å². The number of esters is 2. The quantitative estimate of drug-likeness (QED) is 0.171. The van der Waals surface area contributed by atoms with Crippen LogP contribution in [0.25, 0.3) is 0 Å². The number of rotatable bonds is 11. The van der Waals surface area contributed by atoms with Gasteiger partial charge in [0.1, 0.15) is 11.5 Å². The summed E-state index contributed by atoms with van der Waals surface area (Å²) >= 11 is 1.65. The standard InChI is InChI=1S/C22H21FO5S/c1-3-21(24)28-19-9-11-20(12-10-19)29-15-17-5-7-18(8-6-17)26-13-4-14-27-22(25)16(2)23/h3,5-12H,1-2,4,13-15H2. The molecule has 7 heteroatoms. The van der Waals surface area contributed by atoms with E-state index < -0.39 is 17.8 Å². The Morgan fingerprint density at radius 2 is 1.66 bits per heavy atom. The first kappa shape index (κ1) is 22.2. The van der Waals surface area contributed by atoms with Crippen molar-refractivity contribution in [1.82, 2.24) is 0 Å². The summed E-state index contributed by atoms with van der Waals surface area (Å²) in [5.41, 5.74) is 1.12. The second-order valence-corrected chi connectivity index (χ2v) is 6.82. The van der Waals surface area contributed by atoms with Crippen LogP contribution in [0.15, 0.2) is 78.5 Å². The molecule has 0 saturated carbocycles. The first-order valence-corrected chi connectivity index (χ1v) is 9.77. The van der Waals surface area contributed by atoms with Crippen LogP contribution >= 0.6 is 11.8 Å². The van der Waals surface area contributed by atoms with Crippen molar-refractivity contribution < 1.29 is 28.2 Å². The van der Waals surface area contributed by atoms with Gasteiger partial charge >= 0.3 is 11.9 Å². The van der Waals surface area contributed by atoms with Crippen molar-refractivity contribution >= 4 is 23.7 Å². The zero-order chi connectivity index (χ0) is 21.1. The van der Waals surface area contributed by atoms with Crippen LogP contribution in [-0.2, 0) is 20.1 Å². The van der Waals surface area contributed by atoms with Gasteiger partial charge in [0.15, 0.2) is 0 Å². The maximum Gasteiger partial charge on any atom is 0.366 e. The first-order chi connectivity index (χ1) is 14.0. The smallest absolute Gasteiger partial charge is 0.366 e. The molecule has 152 valence electrons. The number of ether oxygens (including phenoxy) is 3. The third-order valence-corrected chi connectivity index (χ3v) is 4.63. The van der Waals surface area contributed by atoms with Gasteiger partial charge in [-0.25, -0.2) is 9.59 Å². The van der Waals surface area contributed by atoms with E-state index in [2.05, 4.69) is 17.9 Å². The van der Waals surface area contributed by atoms with Gasteiger partial charge in [0.05, 0.1) is 13.2 Å². The first-order valence-electron chi connectivity index (χ1n) is 8.78. The third-order valence-electron chi connectivity index (χ3n) is 3.55. The van der Waals surface area contributed by atoms with Crippen molar-refractivity contribution in [2.75, 3.05) is 13.2 Å². The lowest BCUT2D eigenvalue weighted by molar-refractivity contribution is -0.141. The number of benzene rings is 2. The van der Waals surface area contributed by atoms with E-state index in [1.165, 1.54) is 0 Å². The van der Waals surface area contributed by atoms with Crippen molar-refractivity contribution in [3.8, 4) is 11.5 Å². The molecule has 0 unspecified atom stereocenters. The Hall–Kier alpha value is -3.06. The van der Waals surface area contributed by atoms with Crippen molar-refractivity contribution in [3.63, 3.8) is 0 Å². The molecule has 0 spiro atoms. The van der Waals surface area contributed by atoms with Crippen molar-refractivity contribution in [1.29, 1.82) is 0 Å². The van der Waals surface area contributed by atoms with Crippen LogP contribution in [-0.4, -0.2) is 25.2 Å². The fourth-order valence-corrected chi connectivity index (χ4v) is 2.96. The van der Waals surface area contributed by atoms with Crippen molar-refractivity contribution in [3.05, 3.63) is 79.2 Å². The topological polar surface area (TPSA) is 61.8 Å². The highest BCUT2D eigenvalue weighted by Crippen LogP contribution is 2.26. The van der Waals surface area contributed by atoms with Gasteiger partial charge in [-0.1, -0.05) is 25.3 Å². The Kier molecular flexibility index (Phi) is 8.98. The van der Waals surface area contributed by atoms with Gasteiger partial charge < -0.3 is 14.2 Å². The van der Waals surface area contributed by atoms with E-state index in [1.807, 2.05) is 36.4 Å². The summed E-state index contributed by atoms with van der Waals surface area (Å²) in [6.45, 7) is 6.65. The van der Waals surface area contributed by atoms with Gasteiger partial charge in [-0.3, -0.25) is 0 Å². The van der Waals surface area contributed by atoms with Crippen LogP contribution in [0.3, 0.4) is 0 Å². The highest BCUT2D eigenvalue weighted by atomic mass is 32.2. The molecule has 2 rings (SSSR count). The summed E-state index contributed by atoms with van der Waals surface area (Å²) < 4.78 is 27.7. The molecular weight excluding hydrogens is 395 g/mol. The summed E-state index contributed by atoms with van der Waals surface area (Å²) in [5.74, 6) is -0.682. The largest absolute Gasteiger partial charge is 0.493 e. The number of hydrogen-bond acceptors (Lipinski definition) is 6.